The summed E-state index contributed by atoms with van der Waals surface area (Å²) in [5.41, 5.74) is 8.73. The van der Waals surface area contributed by atoms with Crippen LogP contribution in [0, 0.1) is 17.2 Å². The lowest BCUT2D eigenvalue weighted by molar-refractivity contribution is -0.134. The summed E-state index contributed by atoms with van der Waals surface area (Å²) in [6.45, 7) is 2.02. The molecule has 14 heteroatoms. The maximum Gasteiger partial charge on any atom is 0.243 e. The van der Waals surface area contributed by atoms with Crippen molar-refractivity contribution in [1.29, 1.82) is 5.41 Å². The number of amidine groups is 1. The fourth-order valence-electron chi connectivity index (χ4n) is 5.27. The molecule has 0 bridgehead atoms. The topological polar surface area (TPSA) is 207 Å². The number of amides is 3. The lowest BCUT2D eigenvalue weighted by Crippen LogP contribution is -2.51. The third-order valence-corrected chi connectivity index (χ3v) is 9.37. The number of likely N-dealkylation sites (tertiary alicyclic amines) is 1. The maximum atomic E-state index is 13.8. The van der Waals surface area contributed by atoms with Gasteiger partial charge < -0.3 is 21.3 Å². The fraction of sp³-hybridized carbons (Fsp3) is 0.448. The Hall–Kier alpha value is -3.85. The second-order valence-corrected chi connectivity index (χ2v) is 12.8. The highest BCUT2D eigenvalue weighted by Gasteiger charge is 2.32. The third kappa shape index (κ3) is 8.83. The molecule has 232 valence electrons. The normalized spacial score (nSPS) is 16.6. The first kappa shape index (κ1) is 32.1. The molecule has 3 amide bonds. The number of hydrogen-bond donors (Lipinski definition) is 7. The molecule has 1 atom stereocenters. The molecule has 0 spiro atoms. The molecule has 0 radical (unpaired) electrons. The van der Waals surface area contributed by atoms with E-state index in [-0.39, 0.29) is 41.3 Å². The SMILES string of the molecule is N=C(N)c1cccc(C[C@H](NS(=O)(=O)c2cccc(NC(=O)C3CNC3)c2)C(=O)N2CCC(CCCC(=O)NO)CC2)c1. The number of nitrogens with one attached hydrogen (secondary N) is 5. The summed E-state index contributed by atoms with van der Waals surface area (Å²) >= 11 is 0. The lowest BCUT2D eigenvalue weighted by Gasteiger charge is -2.34. The van der Waals surface area contributed by atoms with Crippen LogP contribution in [0.15, 0.2) is 53.4 Å². The standard InChI is InChI=1S/C29H39N7O6S/c30-27(31)21-6-1-5-20(14-21)15-25(29(39)36-12-10-19(11-13-36)4-2-9-26(37)34-40)35-43(41,42)24-8-3-7-23(16-24)33-28(38)22-17-32-18-22/h1,3,5-8,14,16,19,22,25,32,35,40H,2,4,9-13,15,17-18H2,(H3,30,31)(H,33,38)(H,34,37)/t25-/m0/s1. The van der Waals surface area contributed by atoms with Crippen LogP contribution in [0.1, 0.15) is 43.2 Å². The van der Waals surface area contributed by atoms with Crippen molar-refractivity contribution in [1.82, 2.24) is 20.4 Å². The molecule has 2 aromatic rings. The second-order valence-electron chi connectivity index (χ2n) is 11.1. The smallest absolute Gasteiger partial charge is 0.243 e. The Morgan fingerprint density at radius 1 is 1.09 bits per heavy atom. The molecular weight excluding hydrogens is 574 g/mol. The Bertz CT molecular complexity index is 1440. The minimum Gasteiger partial charge on any atom is -0.384 e. The van der Waals surface area contributed by atoms with Gasteiger partial charge in [-0.1, -0.05) is 24.3 Å². The molecule has 2 aromatic carbocycles. The molecule has 2 aliphatic heterocycles. The quantitative estimate of drug-likeness (QED) is 0.0747. The van der Waals surface area contributed by atoms with Crippen LogP contribution in [0.25, 0.3) is 0 Å². The van der Waals surface area contributed by atoms with Gasteiger partial charge in [0.25, 0.3) is 0 Å². The van der Waals surface area contributed by atoms with Crippen molar-refractivity contribution in [3.05, 3.63) is 59.7 Å². The fourth-order valence-corrected chi connectivity index (χ4v) is 6.50. The van der Waals surface area contributed by atoms with Crippen LogP contribution in [0.2, 0.25) is 0 Å². The van der Waals surface area contributed by atoms with E-state index in [1.807, 2.05) is 0 Å². The zero-order valence-corrected chi connectivity index (χ0v) is 24.7. The molecule has 2 fully saturated rings. The van der Waals surface area contributed by atoms with E-state index in [9.17, 15) is 22.8 Å². The van der Waals surface area contributed by atoms with Crippen molar-refractivity contribution in [3.8, 4) is 0 Å². The first-order valence-corrected chi connectivity index (χ1v) is 15.8. The van der Waals surface area contributed by atoms with E-state index >= 15 is 0 Å². The summed E-state index contributed by atoms with van der Waals surface area (Å²) in [5, 5.41) is 22.2. The summed E-state index contributed by atoms with van der Waals surface area (Å²) in [7, 11) is -4.18. The molecule has 0 aliphatic carbocycles. The third-order valence-electron chi connectivity index (χ3n) is 7.90. The first-order valence-electron chi connectivity index (χ1n) is 14.3. The highest BCUT2D eigenvalue weighted by Crippen LogP contribution is 2.24. The molecule has 0 saturated carbocycles. The van der Waals surface area contributed by atoms with Gasteiger partial charge in [0, 0.05) is 43.9 Å². The van der Waals surface area contributed by atoms with Gasteiger partial charge in [0.1, 0.15) is 11.9 Å². The van der Waals surface area contributed by atoms with Gasteiger partial charge >= 0.3 is 0 Å². The van der Waals surface area contributed by atoms with Crippen molar-refractivity contribution in [3.63, 3.8) is 0 Å². The number of nitrogens with zero attached hydrogens (tertiary/aromatic N) is 1. The van der Waals surface area contributed by atoms with Crippen LogP contribution in [-0.4, -0.2) is 74.3 Å². The average Bonchev–Trinajstić information content (AvgIpc) is 2.96. The zero-order valence-electron chi connectivity index (χ0n) is 23.8. The minimum absolute atomic E-state index is 0.0422. The molecule has 2 aliphatic rings. The number of carbonyl (C=O) groups is 3. The van der Waals surface area contributed by atoms with Crippen molar-refractivity contribution in [2.75, 3.05) is 31.5 Å². The number of benzene rings is 2. The number of sulfonamides is 1. The van der Waals surface area contributed by atoms with Crippen LogP contribution in [0.5, 0.6) is 0 Å². The number of rotatable bonds is 13. The summed E-state index contributed by atoms with van der Waals surface area (Å²) in [6.07, 6.45) is 3.10. The number of piperidine rings is 1. The maximum absolute atomic E-state index is 13.8. The molecular formula is C29H39N7O6S. The van der Waals surface area contributed by atoms with E-state index in [4.69, 9.17) is 16.4 Å². The number of anilines is 1. The van der Waals surface area contributed by atoms with Gasteiger partial charge in [-0.25, -0.2) is 13.9 Å². The van der Waals surface area contributed by atoms with Crippen molar-refractivity contribution < 1.29 is 28.0 Å². The summed E-state index contributed by atoms with van der Waals surface area (Å²) in [4.78, 5) is 39.0. The molecule has 4 rings (SSSR count). The van der Waals surface area contributed by atoms with Gasteiger partial charge in [-0.15, -0.1) is 0 Å². The molecule has 8 N–H and O–H groups in total. The van der Waals surface area contributed by atoms with Crippen LogP contribution < -0.4 is 26.6 Å². The van der Waals surface area contributed by atoms with Gasteiger partial charge in [0.05, 0.1) is 10.8 Å². The summed E-state index contributed by atoms with van der Waals surface area (Å²) < 4.78 is 29.8. The first-order chi connectivity index (χ1) is 20.6. The number of nitrogens with two attached hydrogens (primary N) is 1. The van der Waals surface area contributed by atoms with Gasteiger partial charge in [0.15, 0.2) is 0 Å². The van der Waals surface area contributed by atoms with E-state index in [1.165, 1.54) is 18.2 Å². The molecule has 43 heavy (non-hydrogen) atoms. The number of hydrogen-bond acceptors (Lipinski definition) is 8. The minimum atomic E-state index is -4.18. The average molecular weight is 614 g/mol. The summed E-state index contributed by atoms with van der Waals surface area (Å²) in [6, 6.07) is 11.6. The summed E-state index contributed by atoms with van der Waals surface area (Å²) in [5.74, 6) is -0.987. The number of carbonyl (C=O) groups excluding carboxylic acids is 3. The van der Waals surface area contributed by atoms with Crippen molar-refractivity contribution in [2.45, 2.75) is 49.5 Å². The Labute approximate surface area is 251 Å². The molecule has 2 saturated heterocycles. The van der Waals surface area contributed by atoms with Gasteiger partial charge in [-0.05, 0) is 67.9 Å². The highest BCUT2D eigenvalue weighted by atomic mass is 32.2. The van der Waals surface area contributed by atoms with E-state index < -0.39 is 22.0 Å². The van der Waals surface area contributed by atoms with E-state index in [0.29, 0.717) is 68.2 Å². The molecule has 0 unspecified atom stereocenters. The Morgan fingerprint density at radius 3 is 2.47 bits per heavy atom. The van der Waals surface area contributed by atoms with Crippen LogP contribution >= 0.6 is 0 Å². The number of hydroxylamine groups is 1. The second kappa shape index (κ2) is 14.6. The molecule has 2 heterocycles. The predicted octanol–water partition coefficient (Wildman–Crippen LogP) is 0.932. The van der Waals surface area contributed by atoms with Crippen molar-refractivity contribution >= 4 is 39.3 Å². The van der Waals surface area contributed by atoms with Crippen LogP contribution in [-0.2, 0) is 30.8 Å². The van der Waals surface area contributed by atoms with Gasteiger partial charge in [0.2, 0.25) is 27.7 Å². The van der Waals surface area contributed by atoms with Crippen molar-refractivity contribution in [2.24, 2.45) is 17.6 Å². The van der Waals surface area contributed by atoms with E-state index in [2.05, 4.69) is 15.4 Å². The Morgan fingerprint density at radius 2 is 1.81 bits per heavy atom. The van der Waals surface area contributed by atoms with E-state index in [1.54, 1.807) is 40.7 Å². The monoisotopic (exact) mass is 613 g/mol. The Kier molecular flexibility index (Phi) is 10.9. The van der Waals surface area contributed by atoms with Gasteiger partial charge in [-0.2, -0.15) is 4.72 Å². The largest absolute Gasteiger partial charge is 0.384 e. The van der Waals surface area contributed by atoms with Crippen LogP contribution in [0.3, 0.4) is 0 Å². The predicted molar refractivity (Wildman–Crippen MR) is 160 cm³/mol. The molecule has 0 aromatic heterocycles. The number of nitrogen functional groups attached to an aromatic ring is 1. The lowest BCUT2D eigenvalue weighted by atomic mass is 9.91. The zero-order chi connectivity index (χ0) is 31.0. The molecule has 13 nitrogen and oxygen atoms in total. The Balaban J connectivity index is 1.48. The van der Waals surface area contributed by atoms with E-state index in [0.717, 1.165) is 6.42 Å². The van der Waals surface area contributed by atoms with Crippen LogP contribution in [0.4, 0.5) is 5.69 Å². The highest BCUT2D eigenvalue weighted by molar-refractivity contribution is 7.89. The van der Waals surface area contributed by atoms with Gasteiger partial charge in [-0.3, -0.25) is 25.0 Å².